The van der Waals surface area contributed by atoms with Crippen LogP contribution in [0, 0.1) is 19.8 Å². The Hall–Kier alpha value is -1.83. The van der Waals surface area contributed by atoms with Gasteiger partial charge in [-0.05, 0) is 81.1 Å². The van der Waals surface area contributed by atoms with Crippen LogP contribution in [0.5, 0.6) is 0 Å². The van der Waals surface area contributed by atoms with E-state index in [2.05, 4.69) is 37.4 Å². The summed E-state index contributed by atoms with van der Waals surface area (Å²) < 4.78 is 25.4. The Balaban J connectivity index is 1.54. The zero-order valence-electron chi connectivity index (χ0n) is 17.1. The lowest BCUT2D eigenvalue weighted by molar-refractivity contribution is -0.120. The minimum atomic E-state index is -3.17. The van der Waals surface area contributed by atoms with Gasteiger partial charge < -0.3 is 5.32 Å². The minimum Gasteiger partial charge on any atom is -0.326 e. The van der Waals surface area contributed by atoms with Crippen LogP contribution in [0.4, 0.5) is 5.69 Å². The topological polar surface area (TPSA) is 66.5 Å². The van der Waals surface area contributed by atoms with E-state index in [0.29, 0.717) is 25.9 Å². The SMILES string of the molecule is CCS(=O)(=O)N1CCC(C(=O)Nc2ccc(Sc3ccc(C)c(C)c3)cc2)CC1. The van der Waals surface area contributed by atoms with Crippen LogP contribution in [-0.4, -0.2) is 37.5 Å². The van der Waals surface area contributed by atoms with Crippen LogP contribution in [0.3, 0.4) is 0 Å². The zero-order valence-corrected chi connectivity index (χ0v) is 18.8. The van der Waals surface area contributed by atoms with Crippen molar-refractivity contribution >= 4 is 33.4 Å². The summed E-state index contributed by atoms with van der Waals surface area (Å²) in [7, 11) is -3.17. The molecule has 0 atom stereocenters. The van der Waals surface area contributed by atoms with Crippen molar-refractivity contribution in [3.05, 3.63) is 53.6 Å². The number of piperidine rings is 1. The van der Waals surface area contributed by atoms with Gasteiger partial charge in [0.05, 0.1) is 5.75 Å². The third-order valence-electron chi connectivity index (χ3n) is 5.42. The van der Waals surface area contributed by atoms with Crippen molar-refractivity contribution in [2.75, 3.05) is 24.2 Å². The molecule has 0 radical (unpaired) electrons. The van der Waals surface area contributed by atoms with Crippen molar-refractivity contribution in [3.8, 4) is 0 Å². The lowest BCUT2D eigenvalue weighted by Gasteiger charge is -2.30. The van der Waals surface area contributed by atoms with Crippen molar-refractivity contribution in [2.45, 2.75) is 43.4 Å². The Kier molecular flexibility index (Phi) is 7.03. The van der Waals surface area contributed by atoms with E-state index >= 15 is 0 Å². The number of hydrogen-bond donors (Lipinski definition) is 1. The largest absolute Gasteiger partial charge is 0.326 e. The first kappa shape index (κ1) is 21.9. The Morgan fingerprint density at radius 2 is 1.66 bits per heavy atom. The highest BCUT2D eigenvalue weighted by molar-refractivity contribution is 7.99. The molecule has 2 aromatic rings. The number of amides is 1. The first-order valence-electron chi connectivity index (χ1n) is 9.92. The van der Waals surface area contributed by atoms with E-state index in [1.54, 1.807) is 18.7 Å². The fraction of sp³-hybridized carbons (Fsp3) is 0.409. The van der Waals surface area contributed by atoms with Gasteiger partial charge in [-0.1, -0.05) is 17.8 Å². The van der Waals surface area contributed by atoms with E-state index in [9.17, 15) is 13.2 Å². The van der Waals surface area contributed by atoms with Gasteiger partial charge in [-0.3, -0.25) is 4.79 Å². The first-order chi connectivity index (χ1) is 13.8. The molecule has 1 amide bonds. The number of carbonyl (C=O) groups is 1. The summed E-state index contributed by atoms with van der Waals surface area (Å²) in [6, 6.07) is 14.3. The van der Waals surface area contributed by atoms with Crippen molar-refractivity contribution < 1.29 is 13.2 Å². The average molecular weight is 433 g/mol. The second-order valence-corrected chi connectivity index (χ2v) is 10.8. The lowest BCUT2D eigenvalue weighted by atomic mass is 9.97. The number of anilines is 1. The van der Waals surface area contributed by atoms with Gasteiger partial charge in [0.2, 0.25) is 15.9 Å². The van der Waals surface area contributed by atoms with Gasteiger partial charge in [0, 0.05) is 34.5 Å². The van der Waals surface area contributed by atoms with Crippen LogP contribution >= 0.6 is 11.8 Å². The first-order valence-corrected chi connectivity index (χ1v) is 12.3. The van der Waals surface area contributed by atoms with Crippen LogP contribution < -0.4 is 5.32 Å². The molecule has 0 spiro atoms. The summed E-state index contributed by atoms with van der Waals surface area (Å²) in [4.78, 5) is 14.9. The maximum atomic E-state index is 12.6. The summed E-state index contributed by atoms with van der Waals surface area (Å²) in [5, 5.41) is 2.97. The quantitative estimate of drug-likeness (QED) is 0.732. The van der Waals surface area contributed by atoms with Gasteiger partial charge in [0.1, 0.15) is 0 Å². The van der Waals surface area contributed by atoms with Crippen LogP contribution in [0.15, 0.2) is 52.3 Å². The third-order valence-corrected chi connectivity index (χ3v) is 8.30. The number of hydrogen-bond acceptors (Lipinski definition) is 4. The molecule has 1 aliphatic heterocycles. The fourth-order valence-electron chi connectivity index (χ4n) is 3.34. The summed E-state index contributed by atoms with van der Waals surface area (Å²) in [6.07, 6.45) is 1.12. The second-order valence-electron chi connectivity index (χ2n) is 7.44. The van der Waals surface area contributed by atoms with Crippen molar-refractivity contribution in [1.82, 2.24) is 4.31 Å². The van der Waals surface area contributed by atoms with Crippen molar-refractivity contribution in [1.29, 1.82) is 0 Å². The van der Waals surface area contributed by atoms with E-state index in [4.69, 9.17) is 0 Å². The van der Waals surface area contributed by atoms with Crippen LogP contribution in [0.25, 0.3) is 0 Å². The molecule has 0 saturated carbocycles. The number of nitrogens with zero attached hydrogens (tertiary/aromatic N) is 1. The Labute approximate surface area is 177 Å². The molecule has 1 heterocycles. The normalized spacial score (nSPS) is 16.0. The van der Waals surface area contributed by atoms with Gasteiger partial charge in [0.25, 0.3) is 0 Å². The highest BCUT2D eigenvalue weighted by Gasteiger charge is 2.30. The number of sulfonamides is 1. The minimum absolute atomic E-state index is 0.0342. The molecule has 0 aliphatic carbocycles. The smallest absolute Gasteiger partial charge is 0.227 e. The standard InChI is InChI=1S/C22H28N2O3S2/c1-4-29(26,27)24-13-11-18(12-14-24)22(25)23-19-6-9-20(10-7-19)28-21-8-5-16(2)17(3)15-21/h5-10,15,18H,4,11-14H2,1-3H3,(H,23,25). The molecule has 1 fully saturated rings. The predicted molar refractivity (Wildman–Crippen MR) is 119 cm³/mol. The second kappa shape index (κ2) is 9.32. The van der Waals surface area contributed by atoms with Gasteiger partial charge in [-0.25, -0.2) is 12.7 Å². The van der Waals surface area contributed by atoms with Crippen LogP contribution in [-0.2, 0) is 14.8 Å². The molecule has 1 saturated heterocycles. The molecule has 2 aromatic carbocycles. The molecule has 0 aromatic heterocycles. The van der Waals surface area contributed by atoms with Gasteiger partial charge in [0.15, 0.2) is 0 Å². The monoisotopic (exact) mass is 432 g/mol. The molecule has 0 bridgehead atoms. The highest BCUT2D eigenvalue weighted by Crippen LogP contribution is 2.30. The van der Waals surface area contributed by atoms with Crippen molar-refractivity contribution in [3.63, 3.8) is 0 Å². The maximum Gasteiger partial charge on any atom is 0.227 e. The molecule has 0 unspecified atom stereocenters. The van der Waals surface area contributed by atoms with E-state index < -0.39 is 10.0 Å². The highest BCUT2D eigenvalue weighted by atomic mass is 32.2. The van der Waals surface area contributed by atoms with Crippen molar-refractivity contribution in [2.24, 2.45) is 5.92 Å². The van der Waals surface area contributed by atoms with E-state index in [1.807, 2.05) is 24.3 Å². The third kappa shape index (κ3) is 5.62. The molecule has 5 nitrogen and oxygen atoms in total. The number of aryl methyl sites for hydroxylation is 2. The Morgan fingerprint density at radius 3 is 2.24 bits per heavy atom. The van der Waals surface area contributed by atoms with Crippen LogP contribution in [0.1, 0.15) is 30.9 Å². The Morgan fingerprint density at radius 1 is 1.03 bits per heavy atom. The number of nitrogens with one attached hydrogen (secondary N) is 1. The van der Waals surface area contributed by atoms with E-state index in [1.165, 1.54) is 20.3 Å². The molecular weight excluding hydrogens is 404 g/mol. The van der Waals surface area contributed by atoms with Gasteiger partial charge in [-0.15, -0.1) is 0 Å². The summed E-state index contributed by atoms with van der Waals surface area (Å²) in [5.41, 5.74) is 3.32. The lowest BCUT2D eigenvalue weighted by Crippen LogP contribution is -2.42. The zero-order chi connectivity index (χ0) is 21.0. The molecule has 1 aliphatic rings. The average Bonchev–Trinajstić information content (AvgIpc) is 2.72. The van der Waals surface area contributed by atoms with E-state index in [0.717, 1.165) is 10.6 Å². The number of benzene rings is 2. The molecule has 1 N–H and O–H groups in total. The molecule has 3 rings (SSSR count). The number of rotatable bonds is 6. The molecule has 7 heteroatoms. The number of carbonyl (C=O) groups excluding carboxylic acids is 1. The van der Waals surface area contributed by atoms with E-state index in [-0.39, 0.29) is 17.6 Å². The van der Waals surface area contributed by atoms with Crippen LogP contribution in [0.2, 0.25) is 0 Å². The van der Waals surface area contributed by atoms with Gasteiger partial charge in [-0.2, -0.15) is 0 Å². The molecular formula is C22H28N2O3S2. The molecule has 156 valence electrons. The predicted octanol–water partition coefficient (Wildman–Crippen LogP) is 4.45. The maximum absolute atomic E-state index is 12.6. The summed E-state index contributed by atoms with van der Waals surface area (Å²) in [5.74, 6) is -0.0767. The summed E-state index contributed by atoms with van der Waals surface area (Å²) >= 11 is 1.70. The fourth-order valence-corrected chi connectivity index (χ4v) is 5.39. The van der Waals surface area contributed by atoms with Gasteiger partial charge >= 0.3 is 0 Å². The molecule has 29 heavy (non-hydrogen) atoms. The Bertz CT molecular complexity index is 964. The summed E-state index contributed by atoms with van der Waals surface area (Å²) in [6.45, 7) is 6.70.